The molecule has 9 heteroatoms. The van der Waals surface area contributed by atoms with Crippen LogP contribution in [-0.4, -0.2) is 18.4 Å². The molecule has 0 fully saturated rings. The molecule has 2 aromatic heterocycles. The van der Waals surface area contributed by atoms with Crippen LogP contribution in [0.25, 0.3) is 11.3 Å². The van der Waals surface area contributed by atoms with Crippen molar-refractivity contribution in [1.29, 1.82) is 0 Å². The van der Waals surface area contributed by atoms with Gasteiger partial charge in [0.05, 0.1) is 16.2 Å². The second-order valence-corrected chi connectivity index (χ2v) is 7.41. The fourth-order valence-electron chi connectivity index (χ4n) is 2.36. The molecule has 0 unspecified atom stereocenters. The van der Waals surface area contributed by atoms with Gasteiger partial charge in [-0.1, -0.05) is 6.07 Å². The molecule has 0 saturated heterocycles. The van der Waals surface area contributed by atoms with E-state index in [4.69, 9.17) is 0 Å². The summed E-state index contributed by atoms with van der Waals surface area (Å²) in [6, 6.07) is 10.5. The average molecular weight is 393 g/mol. The molecule has 0 aliphatic carbocycles. The molecule has 0 aliphatic rings. The molecule has 0 aliphatic heterocycles. The van der Waals surface area contributed by atoms with Crippen molar-refractivity contribution >= 4 is 10.0 Å². The molecule has 5 nitrogen and oxygen atoms in total. The summed E-state index contributed by atoms with van der Waals surface area (Å²) in [4.78, 5) is 7.76. The van der Waals surface area contributed by atoms with E-state index in [1.165, 1.54) is 6.20 Å². The Morgan fingerprint density at radius 1 is 1.00 bits per heavy atom. The predicted molar refractivity (Wildman–Crippen MR) is 92.9 cm³/mol. The first-order valence-corrected chi connectivity index (χ1v) is 9.26. The van der Waals surface area contributed by atoms with Gasteiger partial charge in [0.15, 0.2) is 0 Å². The van der Waals surface area contributed by atoms with Crippen LogP contribution in [0, 0.1) is 0 Å². The van der Waals surface area contributed by atoms with Gasteiger partial charge in [-0.3, -0.25) is 9.97 Å². The first-order valence-electron chi connectivity index (χ1n) is 7.78. The van der Waals surface area contributed by atoms with Crippen molar-refractivity contribution in [2.45, 2.75) is 17.6 Å². The van der Waals surface area contributed by atoms with Gasteiger partial charge in [0, 0.05) is 30.7 Å². The standard InChI is InChI=1S/C18H14F3N3O2S/c19-18(20,21)15-4-1-5-16(10-15)27(25,26)24-11-13-6-8-23-17(9-13)14-3-2-7-22-12-14/h1-10,12,24H,11H2. The number of alkyl halides is 3. The Morgan fingerprint density at radius 3 is 2.52 bits per heavy atom. The molecule has 1 N–H and O–H groups in total. The van der Waals surface area contributed by atoms with Gasteiger partial charge in [-0.15, -0.1) is 0 Å². The largest absolute Gasteiger partial charge is 0.416 e. The lowest BCUT2D eigenvalue weighted by atomic mass is 10.1. The van der Waals surface area contributed by atoms with E-state index in [-0.39, 0.29) is 6.54 Å². The molecule has 27 heavy (non-hydrogen) atoms. The fraction of sp³-hybridized carbons (Fsp3) is 0.111. The molecule has 2 heterocycles. The van der Waals surface area contributed by atoms with Crippen molar-refractivity contribution in [3.8, 4) is 11.3 Å². The van der Waals surface area contributed by atoms with Crippen LogP contribution in [0.2, 0.25) is 0 Å². The molecule has 0 amide bonds. The number of halogens is 3. The van der Waals surface area contributed by atoms with Gasteiger partial charge in [-0.25, -0.2) is 13.1 Å². The van der Waals surface area contributed by atoms with E-state index in [0.717, 1.165) is 23.8 Å². The molecule has 3 rings (SSSR count). The van der Waals surface area contributed by atoms with Crippen LogP contribution >= 0.6 is 0 Å². The SMILES string of the molecule is O=S(=O)(NCc1ccnc(-c2cccnc2)c1)c1cccc(C(F)(F)F)c1. The van der Waals surface area contributed by atoms with Crippen LogP contribution in [0.5, 0.6) is 0 Å². The summed E-state index contributed by atoms with van der Waals surface area (Å²) in [7, 11) is -4.10. The summed E-state index contributed by atoms with van der Waals surface area (Å²) >= 11 is 0. The van der Waals surface area contributed by atoms with Crippen molar-refractivity contribution in [3.63, 3.8) is 0 Å². The van der Waals surface area contributed by atoms with Gasteiger partial charge in [0.2, 0.25) is 10.0 Å². The lowest BCUT2D eigenvalue weighted by Crippen LogP contribution is -2.23. The van der Waals surface area contributed by atoms with Crippen LogP contribution in [0.3, 0.4) is 0 Å². The van der Waals surface area contributed by atoms with Crippen molar-refractivity contribution in [2.24, 2.45) is 0 Å². The highest BCUT2D eigenvalue weighted by Crippen LogP contribution is 2.30. The maximum atomic E-state index is 12.8. The molecule has 140 valence electrons. The molecule has 3 aromatic rings. The van der Waals surface area contributed by atoms with Gasteiger partial charge < -0.3 is 0 Å². The maximum absolute atomic E-state index is 12.8. The summed E-state index contributed by atoms with van der Waals surface area (Å²) in [6.07, 6.45) is 0.154. The lowest BCUT2D eigenvalue weighted by molar-refractivity contribution is -0.137. The third-order valence-electron chi connectivity index (χ3n) is 3.72. The van der Waals surface area contributed by atoms with Crippen LogP contribution in [-0.2, 0) is 22.7 Å². The Hall–Kier alpha value is -2.78. The van der Waals surface area contributed by atoms with E-state index >= 15 is 0 Å². The zero-order valence-electron chi connectivity index (χ0n) is 13.8. The van der Waals surface area contributed by atoms with E-state index in [9.17, 15) is 21.6 Å². The Labute approximate surface area is 154 Å². The molecular formula is C18H14F3N3O2S. The van der Waals surface area contributed by atoms with E-state index < -0.39 is 26.7 Å². The van der Waals surface area contributed by atoms with Gasteiger partial charge in [0.25, 0.3) is 0 Å². The summed E-state index contributed by atoms with van der Waals surface area (Å²) in [5, 5.41) is 0. The predicted octanol–water partition coefficient (Wildman–Crippen LogP) is 3.64. The van der Waals surface area contributed by atoms with E-state index in [0.29, 0.717) is 17.3 Å². The second-order valence-electron chi connectivity index (χ2n) is 5.64. The fourth-order valence-corrected chi connectivity index (χ4v) is 3.42. The number of hydrogen-bond acceptors (Lipinski definition) is 4. The zero-order chi connectivity index (χ0) is 19.5. The van der Waals surface area contributed by atoms with Crippen molar-refractivity contribution in [1.82, 2.24) is 14.7 Å². The minimum absolute atomic E-state index is 0.0889. The van der Waals surface area contributed by atoms with Gasteiger partial charge in [-0.2, -0.15) is 13.2 Å². The highest BCUT2D eigenvalue weighted by molar-refractivity contribution is 7.89. The topological polar surface area (TPSA) is 72.0 Å². The minimum atomic E-state index is -4.62. The van der Waals surface area contributed by atoms with Crippen molar-refractivity contribution < 1.29 is 21.6 Å². The Kier molecular flexibility index (Phi) is 5.24. The number of nitrogens with zero attached hydrogens (tertiary/aromatic N) is 2. The highest BCUT2D eigenvalue weighted by atomic mass is 32.2. The number of pyridine rings is 2. The van der Waals surface area contributed by atoms with Crippen LogP contribution in [0.15, 0.2) is 72.0 Å². The lowest BCUT2D eigenvalue weighted by Gasteiger charge is -2.11. The van der Waals surface area contributed by atoms with Crippen LogP contribution in [0.4, 0.5) is 13.2 Å². The molecule has 0 radical (unpaired) electrons. The first-order chi connectivity index (χ1) is 12.8. The number of sulfonamides is 1. The second kappa shape index (κ2) is 7.45. The van der Waals surface area contributed by atoms with Crippen molar-refractivity contribution in [3.05, 3.63) is 78.2 Å². The van der Waals surface area contributed by atoms with Crippen LogP contribution in [0.1, 0.15) is 11.1 Å². The Bertz CT molecular complexity index is 1040. The number of nitrogens with one attached hydrogen (secondary N) is 1. The first kappa shape index (κ1) is 19.0. The average Bonchev–Trinajstić information content (AvgIpc) is 2.67. The molecule has 1 aromatic carbocycles. The normalized spacial score (nSPS) is 12.1. The van der Waals surface area contributed by atoms with Gasteiger partial charge >= 0.3 is 6.18 Å². The minimum Gasteiger partial charge on any atom is -0.264 e. The highest BCUT2D eigenvalue weighted by Gasteiger charge is 2.31. The maximum Gasteiger partial charge on any atom is 0.416 e. The molecule has 0 atom stereocenters. The smallest absolute Gasteiger partial charge is 0.264 e. The molecule has 0 saturated carbocycles. The monoisotopic (exact) mass is 393 g/mol. The van der Waals surface area contributed by atoms with Crippen LogP contribution < -0.4 is 4.72 Å². The van der Waals surface area contributed by atoms with E-state index in [1.807, 2.05) is 6.07 Å². The summed E-state index contributed by atoms with van der Waals surface area (Å²) in [5.74, 6) is 0. The molecule has 0 bridgehead atoms. The number of hydrogen-bond donors (Lipinski definition) is 1. The number of rotatable bonds is 5. The van der Waals surface area contributed by atoms with E-state index in [1.54, 1.807) is 30.6 Å². The summed E-state index contributed by atoms with van der Waals surface area (Å²) in [5.41, 5.74) is 0.964. The third-order valence-corrected chi connectivity index (χ3v) is 5.12. The quantitative estimate of drug-likeness (QED) is 0.718. The summed E-state index contributed by atoms with van der Waals surface area (Å²) in [6.45, 7) is -0.0889. The Morgan fingerprint density at radius 2 is 1.81 bits per heavy atom. The Balaban J connectivity index is 1.78. The molecule has 0 spiro atoms. The molecular weight excluding hydrogens is 379 g/mol. The van der Waals surface area contributed by atoms with Crippen molar-refractivity contribution in [2.75, 3.05) is 0 Å². The van der Waals surface area contributed by atoms with E-state index in [2.05, 4.69) is 14.7 Å². The number of benzene rings is 1. The number of aromatic nitrogens is 2. The van der Waals surface area contributed by atoms with Gasteiger partial charge in [0.1, 0.15) is 0 Å². The zero-order valence-corrected chi connectivity index (χ0v) is 14.6. The third kappa shape index (κ3) is 4.69. The summed E-state index contributed by atoms with van der Waals surface area (Å²) < 4.78 is 65.3. The van der Waals surface area contributed by atoms with Gasteiger partial charge in [-0.05, 0) is 48.0 Å².